The van der Waals surface area contributed by atoms with Gasteiger partial charge in [-0.25, -0.2) is 0 Å². The van der Waals surface area contributed by atoms with E-state index in [4.69, 9.17) is 11.6 Å². The number of rotatable bonds is 2. The fourth-order valence-corrected chi connectivity index (χ4v) is 1.47. The van der Waals surface area contributed by atoms with Gasteiger partial charge in [0.2, 0.25) is 0 Å². The van der Waals surface area contributed by atoms with Crippen LogP contribution in [0.15, 0.2) is 12.3 Å². The Kier molecular flexibility index (Phi) is 3.47. The summed E-state index contributed by atoms with van der Waals surface area (Å²) in [6.45, 7) is 4.18. The Labute approximate surface area is 85.5 Å². The van der Waals surface area contributed by atoms with Crippen molar-refractivity contribution < 1.29 is 0 Å². The van der Waals surface area contributed by atoms with E-state index in [-0.39, 0.29) is 0 Å². The number of hydrogen-bond donors (Lipinski definition) is 0. The van der Waals surface area contributed by atoms with Crippen LogP contribution in [0.2, 0.25) is 5.15 Å². The summed E-state index contributed by atoms with van der Waals surface area (Å²) < 4.78 is 0. The minimum absolute atomic E-state index is 0.355. The third kappa shape index (κ3) is 2.17. The Bertz CT molecular complexity index is 265. The van der Waals surface area contributed by atoms with Gasteiger partial charge in [0.1, 0.15) is 0 Å². The lowest BCUT2D eigenvalue weighted by molar-refractivity contribution is 0.750. The third-order valence-electron chi connectivity index (χ3n) is 1.88. The van der Waals surface area contributed by atoms with E-state index in [0.29, 0.717) is 15.9 Å². The Morgan fingerprint density at radius 3 is 2.67 bits per heavy atom. The van der Waals surface area contributed by atoms with Crippen molar-refractivity contribution in [2.75, 3.05) is 0 Å². The number of halogens is 2. The predicted molar refractivity (Wildman–Crippen MR) is 53.8 cm³/mol. The predicted octanol–water partition coefficient (Wildman–Crippen LogP) is 3.02. The lowest BCUT2D eigenvalue weighted by Crippen LogP contribution is -2.06. The summed E-state index contributed by atoms with van der Waals surface area (Å²) >= 11 is 9.37. The second-order valence-electron chi connectivity index (χ2n) is 2.74. The summed E-state index contributed by atoms with van der Waals surface area (Å²) in [5.74, 6) is 0.355. The number of nitrogens with zero attached hydrogens (tertiary/aromatic N) is 2. The van der Waals surface area contributed by atoms with Crippen LogP contribution in [-0.4, -0.2) is 15.0 Å². The minimum Gasteiger partial charge on any atom is -0.158 e. The zero-order valence-corrected chi connectivity index (χ0v) is 9.30. The average molecular weight is 250 g/mol. The quantitative estimate of drug-likeness (QED) is 0.753. The average Bonchev–Trinajstić information content (AvgIpc) is 2.04. The summed E-state index contributed by atoms with van der Waals surface area (Å²) in [7, 11) is 0. The fourth-order valence-electron chi connectivity index (χ4n) is 0.911. The Balaban J connectivity index is 2.94. The Hall–Kier alpha value is -0.150. The number of hydrogen-bond acceptors (Lipinski definition) is 2. The van der Waals surface area contributed by atoms with E-state index in [0.717, 1.165) is 5.56 Å². The highest BCUT2D eigenvalue weighted by Crippen LogP contribution is 2.27. The summed E-state index contributed by atoms with van der Waals surface area (Å²) in [6, 6.07) is 1.90. The molecule has 0 N–H and O–H groups in total. The Morgan fingerprint density at radius 2 is 2.17 bits per heavy atom. The molecule has 0 saturated heterocycles. The molecule has 1 aromatic heterocycles. The zero-order valence-electron chi connectivity index (χ0n) is 6.96. The number of aromatic nitrogens is 2. The van der Waals surface area contributed by atoms with Gasteiger partial charge in [0.15, 0.2) is 5.15 Å². The van der Waals surface area contributed by atoms with Crippen LogP contribution in [0.5, 0.6) is 0 Å². The minimum atomic E-state index is 0.355. The first-order chi connectivity index (χ1) is 5.63. The lowest BCUT2D eigenvalue weighted by atomic mass is 10.0. The van der Waals surface area contributed by atoms with Crippen molar-refractivity contribution in [3.05, 3.63) is 23.0 Å². The van der Waals surface area contributed by atoms with Gasteiger partial charge in [-0.1, -0.05) is 41.4 Å². The van der Waals surface area contributed by atoms with Gasteiger partial charge in [-0.15, -0.1) is 5.10 Å². The molecule has 0 radical (unpaired) electrons. The lowest BCUT2D eigenvalue weighted by Gasteiger charge is -2.14. The topological polar surface area (TPSA) is 25.8 Å². The summed E-state index contributed by atoms with van der Waals surface area (Å²) in [5.41, 5.74) is 1.04. The van der Waals surface area contributed by atoms with Crippen LogP contribution in [0.3, 0.4) is 0 Å². The molecule has 66 valence electrons. The van der Waals surface area contributed by atoms with E-state index in [1.165, 1.54) is 0 Å². The molecule has 4 heteroatoms. The molecule has 0 aliphatic heterocycles. The summed E-state index contributed by atoms with van der Waals surface area (Å²) in [5, 5.41) is 7.96. The van der Waals surface area contributed by atoms with Crippen LogP contribution in [0.25, 0.3) is 0 Å². The van der Waals surface area contributed by atoms with Gasteiger partial charge >= 0.3 is 0 Å². The van der Waals surface area contributed by atoms with Gasteiger partial charge in [0.05, 0.1) is 0 Å². The van der Waals surface area contributed by atoms with E-state index in [1.54, 1.807) is 6.20 Å². The van der Waals surface area contributed by atoms with Crippen LogP contribution in [0.4, 0.5) is 0 Å². The van der Waals surface area contributed by atoms with Crippen molar-refractivity contribution >= 4 is 27.5 Å². The van der Waals surface area contributed by atoms with Crippen LogP contribution < -0.4 is 0 Å². The molecular formula is C8H10BrClN2. The maximum absolute atomic E-state index is 5.87. The third-order valence-corrected chi connectivity index (χ3v) is 2.97. The van der Waals surface area contributed by atoms with Crippen molar-refractivity contribution in [3.63, 3.8) is 0 Å². The zero-order chi connectivity index (χ0) is 9.14. The van der Waals surface area contributed by atoms with Crippen LogP contribution in [0, 0.1) is 0 Å². The molecule has 2 unspecified atom stereocenters. The van der Waals surface area contributed by atoms with Gasteiger partial charge < -0.3 is 0 Å². The maximum atomic E-state index is 5.87. The maximum Gasteiger partial charge on any atom is 0.155 e. The molecule has 2 nitrogen and oxygen atoms in total. The van der Waals surface area contributed by atoms with Crippen LogP contribution >= 0.6 is 27.5 Å². The molecule has 0 aliphatic carbocycles. The molecule has 0 aliphatic rings. The van der Waals surface area contributed by atoms with Crippen molar-refractivity contribution in [2.24, 2.45) is 0 Å². The standard InChI is InChI=1S/C8H10BrClN2/c1-5(6(2)9)7-3-4-11-12-8(7)10/h3-6H,1-2H3. The van der Waals surface area contributed by atoms with E-state index in [2.05, 4.69) is 40.0 Å². The molecule has 0 fully saturated rings. The molecule has 0 aromatic carbocycles. The van der Waals surface area contributed by atoms with Crippen molar-refractivity contribution in [3.8, 4) is 0 Å². The molecule has 1 rings (SSSR count). The molecule has 0 bridgehead atoms. The first-order valence-electron chi connectivity index (χ1n) is 3.74. The largest absolute Gasteiger partial charge is 0.158 e. The monoisotopic (exact) mass is 248 g/mol. The van der Waals surface area contributed by atoms with Gasteiger partial charge in [0, 0.05) is 11.0 Å². The van der Waals surface area contributed by atoms with Gasteiger partial charge in [-0.3, -0.25) is 0 Å². The highest BCUT2D eigenvalue weighted by atomic mass is 79.9. The second-order valence-corrected chi connectivity index (χ2v) is 4.55. The molecule has 0 amide bonds. The molecule has 0 saturated carbocycles. The van der Waals surface area contributed by atoms with Gasteiger partial charge in [0.25, 0.3) is 0 Å². The summed E-state index contributed by atoms with van der Waals surface area (Å²) in [4.78, 5) is 0.388. The van der Waals surface area contributed by atoms with Gasteiger partial charge in [-0.2, -0.15) is 5.10 Å². The Morgan fingerprint density at radius 1 is 1.50 bits per heavy atom. The second kappa shape index (κ2) is 4.19. The van der Waals surface area contributed by atoms with Crippen molar-refractivity contribution in [2.45, 2.75) is 24.6 Å². The van der Waals surface area contributed by atoms with Gasteiger partial charge in [-0.05, 0) is 17.5 Å². The normalized spacial score (nSPS) is 15.7. The first-order valence-corrected chi connectivity index (χ1v) is 5.03. The molecule has 1 aromatic rings. The van der Waals surface area contributed by atoms with E-state index < -0.39 is 0 Å². The van der Waals surface area contributed by atoms with E-state index >= 15 is 0 Å². The molecule has 12 heavy (non-hydrogen) atoms. The van der Waals surface area contributed by atoms with E-state index in [9.17, 15) is 0 Å². The molecule has 0 spiro atoms. The molecule has 2 atom stereocenters. The smallest absolute Gasteiger partial charge is 0.155 e. The summed E-state index contributed by atoms with van der Waals surface area (Å²) in [6.07, 6.45) is 1.66. The first kappa shape index (κ1) is 9.93. The van der Waals surface area contributed by atoms with Crippen molar-refractivity contribution in [1.29, 1.82) is 0 Å². The van der Waals surface area contributed by atoms with Crippen molar-refractivity contribution in [1.82, 2.24) is 10.2 Å². The van der Waals surface area contributed by atoms with E-state index in [1.807, 2.05) is 6.07 Å². The molecule has 1 heterocycles. The van der Waals surface area contributed by atoms with Crippen LogP contribution in [-0.2, 0) is 0 Å². The number of alkyl halides is 1. The van der Waals surface area contributed by atoms with Crippen LogP contribution in [0.1, 0.15) is 25.3 Å². The SMILES string of the molecule is CC(Br)C(C)c1ccnnc1Cl. The highest BCUT2D eigenvalue weighted by molar-refractivity contribution is 9.09. The molecular weight excluding hydrogens is 239 g/mol. The fraction of sp³-hybridized carbons (Fsp3) is 0.500. The highest BCUT2D eigenvalue weighted by Gasteiger charge is 2.14.